The molecule has 0 saturated carbocycles. The fraction of sp³-hybridized carbons (Fsp3) is 0. The molecule has 0 aliphatic rings. The molecule has 0 atom stereocenters. The van der Waals surface area contributed by atoms with Crippen molar-refractivity contribution >= 4 is 6.21 Å². The van der Waals surface area contributed by atoms with Crippen LogP contribution in [0.25, 0.3) is 22.8 Å². The molecule has 0 fully saturated rings. The summed E-state index contributed by atoms with van der Waals surface area (Å²) < 4.78 is 1.64. The lowest BCUT2D eigenvalue weighted by molar-refractivity contribution is 0.450. The first-order valence-corrected chi connectivity index (χ1v) is 8.35. The Morgan fingerprint density at radius 1 is 0.741 bits per heavy atom. The number of rotatable bonds is 4. The molecule has 4 rings (SSSR count). The Bertz CT molecular complexity index is 1030. The molecule has 0 radical (unpaired) electrons. The van der Waals surface area contributed by atoms with Crippen molar-refractivity contribution in [3.8, 4) is 34.3 Å². The summed E-state index contributed by atoms with van der Waals surface area (Å²) in [6.07, 6.45) is 1.51. The maximum Gasteiger partial charge on any atom is 0.185 e. The first-order valence-electron chi connectivity index (χ1n) is 8.35. The summed E-state index contributed by atoms with van der Waals surface area (Å²) in [6, 6.07) is 23.6. The summed E-state index contributed by atoms with van der Waals surface area (Å²) in [7, 11) is 0. The minimum atomic E-state index is -0.0608. The van der Waals surface area contributed by atoms with E-state index in [-0.39, 0.29) is 11.5 Å². The van der Waals surface area contributed by atoms with Crippen molar-refractivity contribution in [3.05, 3.63) is 84.4 Å². The van der Waals surface area contributed by atoms with E-state index in [9.17, 15) is 10.2 Å². The summed E-state index contributed by atoms with van der Waals surface area (Å²) in [5.74, 6) is 1.10. The molecule has 6 nitrogen and oxygen atoms in total. The smallest absolute Gasteiger partial charge is 0.185 e. The van der Waals surface area contributed by atoms with Crippen LogP contribution in [0.15, 0.2) is 84.0 Å². The molecule has 0 amide bonds. The Labute approximate surface area is 155 Å². The molecule has 2 N–H and O–H groups in total. The number of aromatic hydroxyl groups is 2. The molecule has 1 heterocycles. The number of phenols is 2. The Kier molecular flexibility index (Phi) is 4.37. The third-order valence-corrected chi connectivity index (χ3v) is 4.03. The lowest BCUT2D eigenvalue weighted by Gasteiger charge is -2.05. The molecule has 0 unspecified atom stereocenters. The third-order valence-electron chi connectivity index (χ3n) is 4.03. The summed E-state index contributed by atoms with van der Waals surface area (Å²) in [6.45, 7) is 0. The van der Waals surface area contributed by atoms with E-state index in [0.717, 1.165) is 11.1 Å². The highest BCUT2D eigenvalue weighted by Gasteiger charge is 2.14. The van der Waals surface area contributed by atoms with Gasteiger partial charge in [-0.15, -0.1) is 10.2 Å². The number of benzene rings is 3. The summed E-state index contributed by atoms with van der Waals surface area (Å²) in [4.78, 5) is 0. The fourth-order valence-corrected chi connectivity index (χ4v) is 2.68. The van der Waals surface area contributed by atoms with E-state index in [1.165, 1.54) is 18.3 Å². The van der Waals surface area contributed by atoms with Crippen molar-refractivity contribution in [1.82, 2.24) is 14.9 Å². The quantitative estimate of drug-likeness (QED) is 0.543. The summed E-state index contributed by atoms with van der Waals surface area (Å²) >= 11 is 0. The van der Waals surface area contributed by atoms with Crippen LogP contribution in [0.5, 0.6) is 11.5 Å². The highest BCUT2D eigenvalue weighted by Crippen LogP contribution is 2.25. The maximum absolute atomic E-state index is 10.0. The third kappa shape index (κ3) is 3.41. The molecular formula is C21H16N4O2. The van der Waals surface area contributed by atoms with E-state index >= 15 is 0 Å². The summed E-state index contributed by atoms with van der Waals surface area (Å²) in [5, 5.41) is 32.6. The SMILES string of the molecule is Oc1ccc(/C=N/n2c(-c3ccccc3)nnc2-c2ccccc2)c(O)c1. The van der Waals surface area contributed by atoms with E-state index in [0.29, 0.717) is 17.2 Å². The van der Waals surface area contributed by atoms with Crippen molar-refractivity contribution in [3.63, 3.8) is 0 Å². The first-order chi connectivity index (χ1) is 13.2. The van der Waals surface area contributed by atoms with Gasteiger partial charge in [-0.1, -0.05) is 60.7 Å². The largest absolute Gasteiger partial charge is 0.508 e. The molecule has 0 saturated heterocycles. The average molecular weight is 356 g/mol. The molecule has 4 aromatic rings. The van der Waals surface area contributed by atoms with Crippen molar-refractivity contribution in [2.45, 2.75) is 0 Å². The second-order valence-electron chi connectivity index (χ2n) is 5.88. The molecule has 1 aromatic heterocycles. The van der Waals surface area contributed by atoms with Gasteiger partial charge in [-0.25, -0.2) is 0 Å². The Morgan fingerprint density at radius 3 is 1.81 bits per heavy atom. The van der Waals surface area contributed by atoms with Gasteiger partial charge in [0.15, 0.2) is 11.6 Å². The standard InChI is InChI=1S/C21H16N4O2/c26-18-12-11-17(19(27)13-18)14-22-25-20(15-7-3-1-4-8-15)23-24-21(25)16-9-5-2-6-10-16/h1-14,26-27H/b22-14+. The van der Waals surface area contributed by atoms with Gasteiger partial charge >= 0.3 is 0 Å². The van der Waals surface area contributed by atoms with Crippen molar-refractivity contribution < 1.29 is 10.2 Å². The van der Waals surface area contributed by atoms with Crippen LogP contribution in [0.1, 0.15) is 5.56 Å². The van der Waals surface area contributed by atoms with Gasteiger partial charge in [0.1, 0.15) is 11.5 Å². The van der Waals surface area contributed by atoms with Gasteiger partial charge in [0.2, 0.25) is 0 Å². The molecule has 27 heavy (non-hydrogen) atoms. The van der Waals surface area contributed by atoms with E-state index in [2.05, 4.69) is 15.3 Å². The van der Waals surface area contributed by atoms with Crippen LogP contribution in [0.3, 0.4) is 0 Å². The van der Waals surface area contributed by atoms with Crippen molar-refractivity contribution in [2.75, 3.05) is 0 Å². The zero-order valence-corrected chi connectivity index (χ0v) is 14.3. The van der Waals surface area contributed by atoms with Gasteiger partial charge in [-0.2, -0.15) is 9.78 Å². The van der Waals surface area contributed by atoms with E-state index in [4.69, 9.17) is 0 Å². The van der Waals surface area contributed by atoms with Crippen LogP contribution in [0.2, 0.25) is 0 Å². The van der Waals surface area contributed by atoms with Gasteiger partial charge in [-0.05, 0) is 12.1 Å². The molecular weight excluding hydrogens is 340 g/mol. The van der Waals surface area contributed by atoms with Gasteiger partial charge < -0.3 is 10.2 Å². The first kappa shape index (κ1) is 16.5. The molecule has 3 aromatic carbocycles. The zero-order valence-electron chi connectivity index (χ0n) is 14.3. The van der Waals surface area contributed by atoms with Crippen LogP contribution in [0, 0.1) is 0 Å². The maximum atomic E-state index is 10.0. The minimum absolute atomic E-state index is 0.0103. The Morgan fingerprint density at radius 2 is 1.30 bits per heavy atom. The molecule has 132 valence electrons. The second-order valence-corrected chi connectivity index (χ2v) is 5.88. The normalized spacial score (nSPS) is 11.1. The van der Waals surface area contributed by atoms with Gasteiger partial charge in [0.25, 0.3) is 0 Å². The second kappa shape index (κ2) is 7.13. The van der Waals surface area contributed by atoms with Gasteiger partial charge in [-0.3, -0.25) is 0 Å². The number of nitrogens with zero attached hydrogens (tertiary/aromatic N) is 4. The van der Waals surface area contributed by atoms with Gasteiger partial charge in [0.05, 0.1) is 6.21 Å². The Hall–Kier alpha value is -3.93. The van der Waals surface area contributed by atoms with E-state index in [1.807, 2.05) is 60.7 Å². The average Bonchev–Trinajstić information content (AvgIpc) is 3.12. The number of aromatic nitrogens is 3. The van der Waals surface area contributed by atoms with Crippen LogP contribution in [-0.2, 0) is 0 Å². The van der Waals surface area contributed by atoms with Crippen LogP contribution >= 0.6 is 0 Å². The minimum Gasteiger partial charge on any atom is -0.508 e. The summed E-state index contributed by atoms with van der Waals surface area (Å²) in [5.41, 5.74) is 2.22. The molecule has 6 heteroatoms. The van der Waals surface area contributed by atoms with Gasteiger partial charge in [0, 0.05) is 22.8 Å². The van der Waals surface area contributed by atoms with Crippen molar-refractivity contribution in [1.29, 1.82) is 0 Å². The van der Waals surface area contributed by atoms with Crippen molar-refractivity contribution in [2.24, 2.45) is 5.10 Å². The lowest BCUT2D eigenvalue weighted by atomic mass is 10.2. The Balaban J connectivity index is 1.83. The number of phenolic OH excluding ortho intramolecular Hbond substituents is 2. The predicted octanol–water partition coefficient (Wildman–Crippen LogP) is 3.91. The highest BCUT2D eigenvalue weighted by molar-refractivity contribution is 5.84. The molecule has 0 aliphatic heterocycles. The highest BCUT2D eigenvalue weighted by atomic mass is 16.3. The molecule has 0 bridgehead atoms. The molecule has 0 aliphatic carbocycles. The lowest BCUT2D eigenvalue weighted by Crippen LogP contribution is -1.98. The van der Waals surface area contributed by atoms with Crippen LogP contribution in [-0.4, -0.2) is 31.3 Å². The van der Waals surface area contributed by atoms with E-state index in [1.54, 1.807) is 10.7 Å². The van der Waals surface area contributed by atoms with Crippen LogP contribution in [0.4, 0.5) is 0 Å². The monoisotopic (exact) mass is 356 g/mol. The zero-order chi connectivity index (χ0) is 18.6. The fourth-order valence-electron chi connectivity index (χ4n) is 2.68. The topological polar surface area (TPSA) is 83.5 Å². The number of hydrogen-bond acceptors (Lipinski definition) is 5. The predicted molar refractivity (Wildman–Crippen MR) is 104 cm³/mol. The molecule has 0 spiro atoms. The van der Waals surface area contributed by atoms with Crippen LogP contribution < -0.4 is 0 Å². The number of hydrogen-bond donors (Lipinski definition) is 2. The van der Waals surface area contributed by atoms with E-state index < -0.39 is 0 Å².